The number of aromatic nitrogens is 1. The summed E-state index contributed by atoms with van der Waals surface area (Å²) in [6.45, 7) is 2.11. The summed E-state index contributed by atoms with van der Waals surface area (Å²) >= 11 is 0. The smallest absolute Gasteiger partial charge is 0.276 e. The fourth-order valence-electron chi connectivity index (χ4n) is 1.91. The Morgan fingerprint density at radius 1 is 1.59 bits per heavy atom. The number of rotatable bonds is 4. The van der Waals surface area contributed by atoms with Crippen molar-refractivity contribution in [2.24, 2.45) is 5.92 Å². The summed E-state index contributed by atoms with van der Waals surface area (Å²) in [4.78, 5) is 16.4. The molecule has 1 fully saturated rings. The lowest BCUT2D eigenvalue weighted by molar-refractivity contribution is -0.384. The maximum absolute atomic E-state index is 10.7. The zero-order chi connectivity index (χ0) is 12.6. The molecule has 0 radical (unpaired) electrons. The van der Waals surface area contributed by atoms with Gasteiger partial charge in [-0.25, -0.2) is 4.98 Å². The van der Waals surface area contributed by atoms with E-state index in [0.717, 1.165) is 0 Å². The topological polar surface area (TPSA) is 85.3 Å². The van der Waals surface area contributed by atoms with Gasteiger partial charge in [0.15, 0.2) is 0 Å². The third kappa shape index (κ3) is 2.46. The zero-order valence-electron chi connectivity index (χ0n) is 9.96. The van der Waals surface area contributed by atoms with Gasteiger partial charge in [0.1, 0.15) is 11.6 Å². The molecule has 1 unspecified atom stereocenters. The van der Waals surface area contributed by atoms with Crippen LogP contribution >= 0.6 is 0 Å². The normalized spacial score (nSPS) is 16.6. The molecule has 1 aromatic heterocycles. The maximum Gasteiger partial charge on any atom is 0.276 e. The molecule has 0 amide bonds. The number of anilines is 2. The van der Waals surface area contributed by atoms with E-state index < -0.39 is 4.92 Å². The molecule has 1 atom stereocenters. The Hall–Kier alpha value is -1.85. The number of nitro groups is 1. The summed E-state index contributed by atoms with van der Waals surface area (Å²) < 4.78 is 0. The predicted octanol–water partition coefficient (Wildman–Crippen LogP) is 1.81. The molecule has 0 bridgehead atoms. The van der Waals surface area contributed by atoms with E-state index in [0.29, 0.717) is 17.8 Å². The SMILES string of the molecule is CC(C1CC1)N(C)c1cc([N+](=O)[O-])cc(N)n1. The molecule has 2 rings (SSSR count). The Kier molecular flexibility index (Phi) is 2.87. The number of hydrogen-bond acceptors (Lipinski definition) is 5. The van der Waals surface area contributed by atoms with Crippen LogP contribution in [0.1, 0.15) is 19.8 Å². The highest BCUT2D eigenvalue weighted by Gasteiger charge is 2.31. The van der Waals surface area contributed by atoms with E-state index in [1.165, 1.54) is 25.0 Å². The molecular weight excluding hydrogens is 220 g/mol. The van der Waals surface area contributed by atoms with Gasteiger partial charge >= 0.3 is 0 Å². The van der Waals surface area contributed by atoms with Crippen molar-refractivity contribution in [3.8, 4) is 0 Å². The monoisotopic (exact) mass is 236 g/mol. The van der Waals surface area contributed by atoms with Gasteiger partial charge < -0.3 is 10.6 Å². The summed E-state index contributed by atoms with van der Waals surface area (Å²) in [6.07, 6.45) is 2.44. The predicted molar refractivity (Wildman–Crippen MR) is 65.9 cm³/mol. The van der Waals surface area contributed by atoms with E-state index in [9.17, 15) is 10.1 Å². The lowest BCUT2D eigenvalue weighted by atomic mass is 10.2. The van der Waals surface area contributed by atoms with Crippen molar-refractivity contribution in [3.05, 3.63) is 22.2 Å². The van der Waals surface area contributed by atoms with E-state index in [2.05, 4.69) is 11.9 Å². The number of pyridine rings is 1. The van der Waals surface area contributed by atoms with Crippen molar-refractivity contribution >= 4 is 17.3 Å². The van der Waals surface area contributed by atoms with Crippen molar-refractivity contribution < 1.29 is 4.92 Å². The van der Waals surface area contributed by atoms with Crippen molar-refractivity contribution in [1.29, 1.82) is 0 Å². The van der Waals surface area contributed by atoms with Gasteiger partial charge in [-0.3, -0.25) is 10.1 Å². The molecule has 1 aliphatic carbocycles. The molecule has 0 aromatic carbocycles. The van der Waals surface area contributed by atoms with Crippen LogP contribution in [0.15, 0.2) is 12.1 Å². The van der Waals surface area contributed by atoms with Gasteiger partial charge in [-0.15, -0.1) is 0 Å². The molecule has 0 saturated heterocycles. The molecule has 1 saturated carbocycles. The first-order valence-electron chi connectivity index (χ1n) is 5.64. The third-order valence-electron chi connectivity index (χ3n) is 3.30. The second-order valence-electron chi connectivity index (χ2n) is 4.55. The van der Waals surface area contributed by atoms with E-state index in [4.69, 9.17) is 5.73 Å². The van der Waals surface area contributed by atoms with Crippen molar-refractivity contribution in [2.45, 2.75) is 25.8 Å². The van der Waals surface area contributed by atoms with Crippen LogP contribution in [0.2, 0.25) is 0 Å². The number of nitrogens with two attached hydrogens (primary N) is 1. The average Bonchev–Trinajstić information content (AvgIpc) is 3.10. The molecular formula is C11H16N4O2. The van der Waals surface area contributed by atoms with Gasteiger partial charge in [0.25, 0.3) is 5.69 Å². The van der Waals surface area contributed by atoms with Crippen molar-refractivity contribution in [1.82, 2.24) is 4.98 Å². The number of nitrogen functional groups attached to an aromatic ring is 1. The molecule has 0 aliphatic heterocycles. The lowest BCUT2D eigenvalue weighted by Gasteiger charge is -2.25. The molecule has 17 heavy (non-hydrogen) atoms. The second-order valence-corrected chi connectivity index (χ2v) is 4.55. The van der Waals surface area contributed by atoms with Crippen LogP contribution in [0.25, 0.3) is 0 Å². The second kappa shape index (κ2) is 4.20. The summed E-state index contributed by atoms with van der Waals surface area (Å²) in [6, 6.07) is 3.08. The molecule has 2 N–H and O–H groups in total. The molecule has 1 heterocycles. The summed E-state index contributed by atoms with van der Waals surface area (Å²) in [7, 11) is 1.90. The van der Waals surface area contributed by atoms with E-state index >= 15 is 0 Å². The molecule has 1 aliphatic rings. The Balaban J connectivity index is 2.27. The molecule has 6 nitrogen and oxygen atoms in total. The number of nitrogens with zero attached hydrogens (tertiary/aromatic N) is 3. The maximum atomic E-state index is 10.7. The van der Waals surface area contributed by atoms with Crippen LogP contribution in [0.4, 0.5) is 17.3 Å². The first kappa shape index (κ1) is 11.6. The van der Waals surface area contributed by atoms with Crippen LogP contribution < -0.4 is 10.6 Å². The van der Waals surface area contributed by atoms with E-state index in [-0.39, 0.29) is 11.5 Å². The Morgan fingerprint density at radius 3 is 2.76 bits per heavy atom. The Labute approximate surface area is 99.6 Å². The van der Waals surface area contributed by atoms with Gasteiger partial charge in [-0.2, -0.15) is 0 Å². The van der Waals surface area contributed by atoms with E-state index in [1.54, 1.807) is 0 Å². The Morgan fingerprint density at radius 2 is 2.24 bits per heavy atom. The Bertz CT molecular complexity index is 445. The van der Waals surface area contributed by atoms with Crippen LogP contribution in [0.3, 0.4) is 0 Å². The van der Waals surface area contributed by atoms with Gasteiger partial charge in [-0.05, 0) is 25.7 Å². The standard InChI is InChI=1S/C11H16N4O2/c1-7(8-3-4-8)14(2)11-6-9(15(16)17)5-10(12)13-11/h5-8H,3-4H2,1-2H3,(H2,12,13). The minimum atomic E-state index is -0.447. The minimum absolute atomic E-state index is 0.0117. The van der Waals surface area contributed by atoms with Gasteiger partial charge in [0.05, 0.1) is 17.1 Å². The average molecular weight is 236 g/mol. The van der Waals surface area contributed by atoms with Gasteiger partial charge in [-0.1, -0.05) is 0 Å². The highest BCUT2D eigenvalue weighted by atomic mass is 16.6. The fourth-order valence-corrected chi connectivity index (χ4v) is 1.91. The minimum Gasteiger partial charge on any atom is -0.383 e. The summed E-state index contributed by atoms with van der Waals surface area (Å²) in [5, 5.41) is 10.7. The largest absolute Gasteiger partial charge is 0.383 e. The first-order valence-corrected chi connectivity index (χ1v) is 5.64. The highest BCUT2D eigenvalue weighted by Crippen LogP contribution is 2.36. The summed E-state index contributed by atoms with van der Waals surface area (Å²) in [5.41, 5.74) is 5.57. The molecule has 92 valence electrons. The lowest BCUT2D eigenvalue weighted by Crippen LogP contribution is -2.31. The van der Waals surface area contributed by atoms with Gasteiger partial charge in [0, 0.05) is 13.1 Å². The van der Waals surface area contributed by atoms with Crippen LogP contribution in [0, 0.1) is 16.0 Å². The van der Waals surface area contributed by atoms with Gasteiger partial charge in [0.2, 0.25) is 0 Å². The molecule has 6 heteroatoms. The summed E-state index contributed by atoms with van der Waals surface area (Å²) in [5.74, 6) is 1.42. The zero-order valence-corrected chi connectivity index (χ0v) is 9.96. The van der Waals surface area contributed by atoms with Crippen LogP contribution in [-0.4, -0.2) is 23.0 Å². The quantitative estimate of drug-likeness (QED) is 0.636. The highest BCUT2D eigenvalue weighted by molar-refractivity contribution is 5.54. The van der Waals surface area contributed by atoms with Crippen LogP contribution in [0.5, 0.6) is 0 Å². The first-order chi connectivity index (χ1) is 7.99. The van der Waals surface area contributed by atoms with Crippen LogP contribution in [-0.2, 0) is 0 Å². The van der Waals surface area contributed by atoms with Crippen molar-refractivity contribution in [2.75, 3.05) is 17.7 Å². The third-order valence-corrected chi connectivity index (χ3v) is 3.30. The van der Waals surface area contributed by atoms with E-state index in [1.807, 2.05) is 11.9 Å². The molecule has 1 aromatic rings. The van der Waals surface area contributed by atoms with Crippen molar-refractivity contribution in [3.63, 3.8) is 0 Å². The number of hydrogen-bond donors (Lipinski definition) is 1. The molecule has 0 spiro atoms. The fraction of sp³-hybridized carbons (Fsp3) is 0.545.